The van der Waals surface area contributed by atoms with Crippen LogP contribution in [-0.4, -0.2) is 23.1 Å². The average Bonchev–Trinajstić information content (AvgIpc) is 2.56. The first kappa shape index (κ1) is 22.7. The van der Waals surface area contributed by atoms with E-state index in [0.717, 1.165) is 25.2 Å². The molecule has 0 aromatic rings. The van der Waals surface area contributed by atoms with Gasteiger partial charge in [-0.2, -0.15) is 0 Å². The fraction of sp³-hybridized carbons (Fsp3) is 0.818. The van der Waals surface area contributed by atoms with Gasteiger partial charge in [-0.25, -0.2) is 0 Å². The van der Waals surface area contributed by atoms with E-state index < -0.39 is 17.8 Å². The lowest BCUT2D eigenvalue weighted by Gasteiger charge is -2.27. The van der Waals surface area contributed by atoms with E-state index in [0.29, 0.717) is 18.8 Å². The molecule has 0 spiro atoms. The Morgan fingerprint density at radius 2 is 1.50 bits per heavy atom. The van der Waals surface area contributed by atoms with Crippen molar-refractivity contribution in [1.29, 1.82) is 0 Å². The molecule has 0 aliphatic heterocycles. The summed E-state index contributed by atoms with van der Waals surface area (Å²) in [5.41, 5.74) is 0. The monoisotopic (exact) mass is 366 g/mol. The van der Waals surface area contributed by atoms with Gasteiger partial charge in [0.25, 0.3) is 0 Å². The summed E-state index contributed by atoms with van der Waals surface area (Å²) in [6.45, 7) is 8.77. The van der Waals surface area contributed by atoms with E-state index in [1.807, 2.05) is 12.2 Å². The second-order valence-corrected chi connectivity index (χ2v) is 8.57. The molecule has 0 bridgehead atoms. The van der Waals surface area contributed by atoms with Crippen molar-refractivity contribution >= 4 is 11.9 Å². The van der Waals surface area contributed by atoms with E-state index in [1.54, 1.807) is 0 Å². The molecule has 0 saturated heterocycles. The molecule has 1 aliphatic carbocycles. The summed E-state index contributed by atoms with van der Waals surface area (Å²) < 4.78 is 5.79. The molecule has 0 fully saturated rings. The van der Waals surface area contributed by atoms with Gasteiger partial charge in [0.15, 0.2) is 0 Å². The molecular formula is C22H38O4. The molecule has 3 atom stereocenters. The van der Waals surface area contributed by atoms with Crippen LogP contribution in [0.25, 0.3) is 0 Å². The molecular weight excluding hydrogens is 328 g/mol. The van der Waals surface area contributed by atoms with Crippen LogP contribution < -0.4 is 0 Å². The first-order chi connectivity index (χ1) is 12.3. The number of allylic oxidation sites excluding steroid dienone is 2. The van der Waals surface area contributed by atoms with Gasteiger partial charge in [-0.3, -0.25) is 9.59 Å². The number of rotatable bonds is 12. The summed E-state index contributed by atoms with van der Waals surface area (Å²) in [7, 11) is 0. The van der Waals surface area contributed by atoms with Crippen LogP contribution in [-0.2, 0) is 14.3 Å². The third kappa shape index (κ3) is 8.86. The Morgan fingerprint density at radius 1 is 0.923 bits per heavy atom. The molecule has 4 nitrogen and oxygen atoms in total. The Kier molecular flexibility index (Phi) is 10.6. The zero-order chi connectivity index (χ0) is 19.5. The van der Waals surface area contributed by atoms with Crippen LogP contribution >= 0.6 is 0 Å². The van der Waals surface area contributed by atoms with E-state index in [1.165, 1.54) is 25.7 Å². The number of carbonyl (C=O) groups is 2. The number of carbonyl (C=O) groups excluding carboxylic acids is 1. The summed E-state index contributed by atoms with van der Waals surface area (Å²) in [6, 6.07) is 0. The zero-order valence-corrected chi connectivity index (χ0v) is 17.1. The van der Waals surface area contributed by atoms with E-state index in [2.05, 4.69) is 27.7 Å². The maximum atomic E-state index is 12.6. The first-order valence-corrected chi connectivity index (χ1v) is 10.4. The fourth-order valence-electron chi connectivity index (χ4n) is 3.63. The first-order valence-electron chi connectivity index (χ1n) is 10.4. The minimum absolute atomic E-state index is 0.0899. The van der Waals surface area contributed by atoms with E-state index >= 15 is 0 Å². The second-order valence-electron chi connectivity index (χ2n) is 8.57. The molecule has 1 N–H and O–H groups in total. The van der Waals surface area contributed by atoms with Crippen LogP contribution in [0.15, 0.2) is 12.2 Å². The van der Waals surface area contributed by atoms with Crippen LogP contribution in [0.5, 0.6) is 0 Å². The lowest BCUT2D eigenvalue weighted by atomic mass is 9.83. The average molecular weight is 367 g/mol. The third-order valence-corrected chi connectivity index (χ3v) is 5.13. The SMILES string of the molecule is CC(C)CCCCCCC(CC(C)C)OC(=O)C1CC=CCC1C(=O)O. The molecule has 0 aromatic carbocycles. The Bertz CT molecular complexity index is 453. The van der Waals surface area contributed by atoms with Crippen molar-refractivity contribution in [2.75, 3.05) is 0 Å². The van der Waals surface area contributed by atoms with Gasteiger partial charge in [-0.1, -0.05) is 65.5 Å². The maximum absolute atomic E-state index is 12.6. The predicted octanol–water partition coefficient (Wildman–Crippen LogP) is 5.61. The number of aliphatic carboxylic acids is 1. The van der Waals surface area contributed by atoms with E-state index in [-0.39, 0.29) is 12.1 Å². The lowest BCUT2D eigenvalue weighted by Crippen LogP contribution is -2.34. The van der Waals surface area contributed by atoms with Crippen molar-refractivity contribution in [2.45, 2.75) is 91.6 Å². The number of hydrogen-bond donors (Lipinski definition) is 1. The summed E-state index contributed by atoms with van der Waals surface area (Å²) >= 11 is 0. The molecule has 0 radical (unpaired) electrons. The van der Waals surface area contributed by atoms with Gasteiger partial charge < -0.3 is 9.84 Å². The molecule has 1 rings (SSSR count). The van der Waals surface area contributed by atoms with Crippen LogP contribution in [0.1, 0.15) is 85.5 Å². The molecule has 0 saturated carbocycles. The van der Waals surface area contributed by atoms with Crippen molar-refractivity contribution < 1.29 is 19.4 Å². The Morgan fingerprint density at radius 3 is 2.04 bits per heavy atom. The third-order valence-electron chi connectivity index (χ3n) is 5.13. The molecule has 4 heteroatoms. The molecule has 150 valence electrons. The number of esters is 1. The van der Waals surface area contributed by atoms with Gasteiger partial charge in [0.2, 0.25) is 0 Å². The summed E-state index contributed by atoms with van der Waals surface area (Å²) in [6.07, 6.45) is 12.3. The maximum Gasteiger partial charge on any atom is 0.310 e. The van der Waals surface area contributed by atoms with Crippen molar-refractivity contribution in [3.8, 4) is 0 Å². The van der Waals surface area contributed by atoms with Gasteiger partial charge in [0, 0.05) is 0 Å². The highest BCUT2D eigenvalue weighted by Crippen LogP contribution is 2.28. The van der Waals surface area contributed by atoms with Gasteiger partial charge >= 0.3 is 11.9 Å². The van der Waals surface area contributed by atoms with Crippen LogP contribution in [0.3, 0.4) is 0 Å². The van der Waals surface area contributed by atoms with Gasteiger partial charge in [-0.05, 0) is 43.9 Å². The van der Waals surface area contributed by atoms with Gasteiger partial charge in [0.05, 0.1) is 11.8 Å². The van der Waals surface area contributed by atoms with Gasteiger partial charge in [-0.15, -0.1) is 0 Å². The molecule has 26 heavy (non-hydrogen) atoms. The highest BCUT2D eigenvalue weighted by atomic mass is 16.5. The summed E-state index contributed by atoms with van der Waals surface area (Å²) in [4.78, 5) is 24.0. The Hall–Kier alpha value is -1.32. The minimum atomic E-state index is -0.901. The molecule has 1 aliphatic rings. The number of ether oxygens (including phenoxy) is 1. The summed E-state index contributed by atoms with van der Waals surface area (Å²) in [5.74, 6) is -1.21. The predicted molar refractivity (Wildman–Crippen MR) is 105 cm³/mol. The molecule has 0 heterocycles. The highest BCUT2D eigenvalue weighted by molar-refractivity contribution is 5.81. The zero-order valence-electron chi connectivity index (χ0n) is 17.1. The van der Waals surface area contributed by atoms with E-state index in [9.17, 15) is 14.7 Å². The largest absolute Gasteiger partial charge is 0.481 e. The Balaban J connectivity index is 2.48. The van der Waals surface area contributed by atoms with E-state index in [4.69, 9.17) is 4.74 Å². The number of carboxylic acids is 1. The highest BCUT2D eigenvalue weighted by Gasteiger charge is 2.36. The normalized spacial score (nSPS) is 21.2. The van der Waals surface area contributed by atoms with Crippen LogP contribution in [0.4, 0.5) is 0 Å². The van der Waals surface area contributed by atoms with Crippen molar-refractivity contribution in [2.24, 2.45) is 23.7 Å². The van der Waals surface area contributed by atoms with Crippen molar-refractivity contribution in [3.05, 3.63) is 12.2 Å². The minimum Gasteiger partial charge on any atom is -0.481 e. The topological polar surface area (TPSA) is 63.6 Å². The summed E-state index contributed by atoms with van der Waals surface area (Å²) in [5, 5.41) is 9.36. The molecule has 0 aromatic heterocycles. The lowest BCUT2D eigenvalue weighted by molar-refractivity contribution is -0.162. The van der Waals surface area contributed by atoms with Crippen LogP contribution in [0.2, 0.25) is 0 Å². The van der Waals surface area contributed by atoms with Crippen molar-refractivity contribution in [3.63, 3.8) is 0 Å². The molecule has 3 unspecified atom stereocenters. The number of unbranched alkanes of at least 4 members (excludes halogenated alkanes) is 3. The van der Waals surface area contributed by atoms with Crippen molar-refractivity contribution in [1.82, 2.24) is 0 Å². The fourth-order valence-corrected chi connectivity index (χ4v) is 3.63. The molecule has 0 amide bonds. The standard InChI is InChI=1S/C22H38O4/c1-16(2)11-7-5-6-8-12-18(15-17(3)4)26-22(25)20-14-10-9-13-19(20)21(23)24/h9-10,16-20H,5-8,11-15H2,1-4H3,(H,23,24). The smallest absolute Gasteiger partial charge is 0.310 e. The van der Waals surface area contributed by atoms with Crippen LogP contribution in [0, 0.1) is 23.7 Å². The Labute approximate surface area is 159 Å². The number of carboxylic acid groups (broad SMARTS) is 1. The number of hydrogen-bond acceptors (Lipinski definition) is 3. The van der Waals surface area contributed by atoms with Gasteiger partial charge in [0.1, 0.15) is 6.10 Å². The second kappa shape index (κ2) is 12.1. The quantitative estimate of drug-likeness (QED) is 0.277.